The smallest absolute Gasteiger partial charge is 0.253 e. The first kappa shape index (κ1) is 13.5. The molecule has 1 heterocycles. The standard InChI is InChI=1S/C15H21NOS/c1-2-3-12-8-10-16(11-9-12)15(17)13-4-6-14(18)7-5-13/h4-7,12,18H,2-3,8-11H2,1H3. The number of hydrogen-bond acceptors (Lipinski definition) is 2. The van der Waals surface area contributed by atoms with Gasteiger partial charge in [-0.2, -0.15) is 0 Å². The molecule has 1 aliphatic heterocycles. The summed E-state index contributed by atoms with van der Waals surface area (Å²) in [5.41, 5.74) is 0.779. The average molecular weight is 263 g/mol. The number of nitrogens with zero attached hydrogens (tertiary/aromatic N) is 1. The molecule has 2 nitrogen and oxygen atoms in total. The molecule has 1 saturated heterocycles. The normalized spacial score (nSPS) is 16.9. The van der Waals surface area contributed by atoms with Crippen LogP contribution in [0.25, 0.3) is 0 Å². The first-order valence-electron chi connectivity index (χ1n) is 6.79. The molecule has 0 bridgehead atoms. The summed E-state index contributed by atoms with van der Waals surface area (Å²) in [5.74, 6) is 0.983. The fourth-order valence-corrected chi connectivity index (χ4v) is 2.77. The first-order valence-corrected chi connectivity index (χ1v) is 7.23. The molecule has 1 aromatic carbocycles. The SMILES string of the molecule is CCCC1CCN(C(=O)c2ccc(S)cc2)CC1. The molecule has 1 aliphatic rings. The Kier molecular flexibility index (Phi) is 4.70. The molecule has 0 N–H and O–H groups in total. The Bertz CT molecular complexity index is 393. The van der Waals surface area contributed by atoms with Gasteiger partial charge < -0.3 is 4.90 Å². The van der Waals surface area contributed by atoms with Gasteiger partial charge in [-0.25, -0.2) is 0 Å². The summed E-state index contributed by atoms with van der Waals surface area (Å²) in [7, 11) is 0. The number of carbonyl (C=O) groups excluding carboxylic acids is 1. The van der Waals surface area contributed by atoms with Crippen LogP contribution in [0.3, 0.4) is 0 Å². The fourth-order valence-electron chi connectivity index (χ4n) is 2.62. The Balaban J connectivity index is 1.93. The summed E-state index contributed by atoms with van der Waals surface area (Å²) in [6.07, 6.45) is 4.87. The molecule has 0 radical (unpaired) electrons. The van der Waals surface area contributed by atoms with Crippen molar-refractivity contribution in [1.82, 2.24) is 4.90 Å². The van der Waals surface area contributed by atoms with Crippen molar-refractivity contribution < 1.29 is 4.79 Å². The molecule has 1 amide bonds. The molecule has 0 aromatic heterocycles. The van der Waals surface area contributed by atoms with E-state index in [4.69, 9.17) is 0 Å². The van der Waals surface area contributed by atoms with Crippen molar-refractivity contribution in [2.24, 2.45) is 5.92 Å². The van der Waals surface area contributed by atoms with Gasteiger partial charge in [0.15, 0.2) is 0 Å². The van der Waals surface area contributed by atoms with E-state index < -0.39 is 0 Å². The molecule has 98 valence electrons. The van der Waals surface area contributed by atoms with Crippen LogP contribution >= 0.6 is 12.6 Å². The van der Waals surface area contributed by atoms with Gasteiger partial charge in [-0.15, -0.1) is 12.6 Å². The van der Waals surface area contributed by atoms with E-state index in [-0.39, 0.29) is 5.91 Å². The van der Waals surface area contributed by atoms with Gasteiger partial charge in [0.05, 0.1) is 0 Å². The number of hydrogen-bond donors (Lipinski definition) is 1. The number of benzene rings is 1. The largest absolute Gasteiger partial charge is 0.339 e. The van der Waals surface area contributed by atoms with Gasteiger partial charge in [-0.05, 0) is 43.0 Å². The second-order valence-electron chi connectivity index (χ2n) is 5.07. The van der Waals surface area contributed by atoms with E-state index >= 15 is 0 Å². The van der Waals surface area contributed by atoms with E-state index in [2.05, 4.69) is 19.6 Å². The minimum atomic E-state index is 0.165. The number of amides is 1. The van der Waals surface area contributed by atoms with Crippen molar-refractivity contribution >= 4 is 18.5 Å². The maximum Gasteiger partial charge on any atom is 0.253 e. The lowest BCUT2D eigenvalue weighted by Crippen LogP contribution is -2.38. The lowest BCUT2D eigenvalue weighted by Gasteiger charge is -2.32. The summed E-state index contributed by atoms with van der Waals surface area (Å²) in [4.78, 5) is 15.2. The zero-order chi connectivity index (χ0) is 13.0. The lowest BCUT2D eigenvalue weighted by molar-refractivity contribution is 0.0686. The van der Waals surface area contributed by atoms with Crippen LogP contribution in [0.5, 0.6) is 0 Å². The minimum Gasteiger partial charge on any atom is -0.339 e. The summed E-state index contributed by atoms with van der Waals surface area (Å²) >= 11 is 4.24. The molecule has 18 heavy (non-hydrogen) atoms. The highest BCUT2D eigenvalue weighted by atomic mass is 32.1. The van der Waals surface area contributed by atoms with E-state index in [1.807, 2.05) is 29.2 Å². The quantitative estimate of drug-likeness (QED) is 0.826. The molecule has 0 saturated carbocycles. The summed E-state index contributed by atoms with van der Waals surface area (Å²) in [5, 5.41) is 0. The molecule has 0 spiro atoms. The molecule has 1 fully saturated rings. The average Bonchev–Trinajstić information content (AvgIpc) is 2.40. The van der Waals surface area contributed by atoms with Gasteiger partial charge in [0, 0.05) is 23.5 Å². The Labute approximate surface area is 115 Å². The monoisotopic (exact) mass is 263 g/mol. The van der Waals surface area contributed by atoms with Crippen molar-refractivity contribution in [2.75, 3.05) is 13.1 Å². The van der Waals surface area contributed by atoms with Crippen molar-refractivity contribution in [3.05, 3.63) is 29.8 Å². The Morgan fingerprint density at radius 2 is 1.89 bits per heavy atom. The second-order valence-corrected chi connectivity index (χ2v) is 5.59. The predicted molar refractivity (Wildman–Crippen MR) is 77.2 cm³/mol. The molecular weight excluding hydrogens is 242 g/mol. The van der Waals surface area contributed by atoms with E-state index in [0.717, 1.165) is 42.3 Å². The van der Waals surface area contributed by atoms with Gasteiger partial charge in [-0.1, -0.05) is 19.8 Å². The highest BCUT2D eigenvalue weighted by Gasteiger charge is 2.22. The Morgan fingerprint density at radius 1 is 1.28 bits per heavy atom. The Hall–Kier alpha value is -0.960. The zero-order valence-electron chi connectivity index (χ0n) is 10.9. The van der Waals surface area contributed by atoms with Crippen LogP contribution in [0.2, 0.25) is 0 Å². The molecule has 3 heteroatoms. The molecule has 2 rings (SSSR count). The molecule has 0 aliphatic carbocycles. The highest BCUT2D eigenvalue weighted by molar-refractivity contribution is 7.80. The number of piperidine rings is 1. The first-order chi connectivity index (χ1) is 8.70. The minimum absolute atomic E-state index is 0.165. The van der Waals surface area contributed by atoms with Crippen LogP contribution in [0.15, 0.2) is 29.2 Å². The van der Waals surface area contributed by atoms with E-state index in [9.17, 15) is 4.79 Å². The third-order valence-corrected chi connectivity index (χ3v) is 4.01. The number of likely N-dealkylation sites (tertiary alicyclic amines) is 1. The van der Waals surface area contributed by atoms with Crippen LogP contribution in [-0.2, 0) is 0 Å². The van der Waals surface area contributed by atoms with Crippen LogP contribution in [0, 0.1) is 5.92 Å². The molecule has 0 atom stereocenters. The third kappa shape index (κ3) is 3.29. The fraction of sp³-hybridized carbons (Fsp3) is 0.533. The second kappa shape index (κ2) is 6.28. The van der Waals surface area contributed by atoms with Gasteiger partial charge in [0.25, 0.3) is 5.91 Å². The lowest BCUT2D eigenvalue weighted by atomic mass is 9.92. The van der Waals surface area contributed by atoms with E-state index in [1.54, 1.807) is 0 Å². The third-order valence-electron chi connectivity index (χ3n) is 3.71. The number of carbonyl (C=O) groups is 1. The highest BCUT2D eigenvalue weighted by Crippen LogP contribution is 2.23. The van der Waals surface area contributed by atoms with Crippen molar-refractivity contribution in [1.29, 1.82) is 0 Å². The zero-order valence-corrected chi connectivity index (χ0v) is 11.8. The maximum atomic E-state index is 12.3. The van der Waals surface area contributed by atoms with Crippen molar-refractivity contribution in [2.45, 2.75) is 37.5 Å². The summed E-state index contributed by atoms with van der Waals surface area (Å²) < 4.78 is 0. The maximum absolute atomic E-state index is 12.3. The molecule has 0 unspecified atom stereocenters. The van der Waals surface area contributed by atoms with Gasteiger partial charge in [0.2, 0.25) is 0 Å². The topological polar surface area (TPSA) is 20.3 Å². The number of thiol groups is 1. The predicted octanol–water partition coefficient (Wildman–Crippen LogP) is 3.63. The van der Waals surface area contributed by atoms with E-state index in [1.165, 1.54) is 12.8 Å². The van der Waals surface area contributed by atoms with Crippen molar-refractivity contribution in [3.63, 3.8) is 0 Å². The Morgan fingerprint density at radius 3 is 2.44 bits per heavy atom. The van der Waals surface area contributed by atoms with E-state index in [0.29, 0.717) is 0 Å². The van der Waals surface area contributed by atoms with Gasteiger partial charge >= 0.3 is 0 Å². The van der Waals surface area contributed by atoms with Crippen molar-refractivity contribution in [3.8, 4) is 0 Å². The molecule has 1 aromatic rings. The molecular formula is C15H21NOS. The summed E-state index contributed by atoms with van der Waals surface area (Å²) in [6, 6.07) is 7.48. The van der Waals surface area contributed by atoms with Gasteiger partial charge in [0.1, 0.15) is 0 Å². The number of rotatable bonds is 3. The van der Waals surface area contributed by atoms with Crippen LogP contribution < -0.4 is 0 Å². The van der Waals surface area contributed by atoms with Crippen LogP contribution in [0.4, 0.5) is 0 Å². The summed E-state index contributed by atoms with van der Waals surface area (Å²) in [6.45, 7) is 4.05. The van der Waals surface area contributed by atoms with Gasteiger partial charge in [-0.3, -0.25) is 4.79 Å². The van der Waals surface area contributed by atoms with Crippen LogP contribution in [0.1, 0.15) is 43.0 Å². The van der Waals surface area contributed by atoms with Crippen LogP contribution in [-0.4, -0.2) is 23.9 Å².